The lowest BCUT2D eigenvalue weighted by molar-refractivity contribution is -0.154. The van der Waals surface area contributed by atoms with Crippen molar-refractivity contribution >= 4 is 5.97 Å². The summed E-state index contributed by atoms with van der Waals surface area (Å²) in [6.45, 7) is 2.10. The standard InChI is InChI=1S/C16H22O3/c1-12-6-5-9-16(10-12,15(18)19)11-14(17)13-7-3-2-4-8-13/h2-4,7-8,12,14,17H,5-6,9-11H2,1H3,(H,18,19). The number of benzene rings is 1. The Kier molecular flexibility index (Phi) is 4.25. The first kappa shape index (κ1) is 14.1. The highest BCUT2D eigenvalue weighted by atomic mass is 16.4. The molecule has 0 spiro atoms. The molecule has 3 atom stereocenters. The van der Waals surface area contributed by atoms with Crippen LogP contribution in [0.5, 0.6) is 0 Å². The first-order valence-corrected chi connectivity index (χ1v) is 7.00. The Labute approximate surface area is 114 Å². The van der Waals surface area contributed by atoms with Crippen molar-refractivity contribution in [2.75, 3.05) is 0 Å². The molecule has 0 amide bonds. The summed E-state index contributed by atoms with van der Waals surface area (Å²) < 4.78 is 0. The molecule has 1 fully saturated rings. The highest BCUT2D eigenvalue weighted by Gasteiger charge is 2.43. The first-order chi connectivity index (χ1) is 9.03. The third-order valence-electron chi connectivity index (χ3n) is 4.31. The third kappa shape index (κ3) is 3.16. The minimum Gasteiger partial charge on any atom is -0.481 e. The van der Waals surface area contributed by atoms with Gasteiger partial charge in [-0.15, -0.1) is 0 Å². The third-order valence-corrected chi connectivity index (χ3v) is 4.31. The van der Waals surface area contributed by atoms with Gasteiger partial charge in [-0.2, -0.15) is 0 Å². The Balaban J connectivity index is 2.15. The molecule has 0 radical (unpaired) electrons. The van der Waals surface area contributed by atoms with Crippen LogP contribution in [-0.2, 0) is 4.79 Å². The molecule has 0 bridgehead atoms. The molecule has 1 aromatic rings. The molecule has 19 heavy (non-hydrogen) atoms. The van der Waals surface area contributed by atoms with E-state index in [1.807, 2.05) is 30.3 Å². The molecule has 0 aliphatic heterocycles. The summed E-state index contributed by atoms with van der Waals surface area (Å²) in [4.78, 5) is 11.7. The number of aliphatic carboxylic acids is 1. The number of carboxylic acids is 1. The largest absolute Gasteiger partial charge is 0.481 e. The zero-order valence-corrected chi connectivity index (χ0v) is 11.4. The smallest absolute Gasteiger partial charge is 0.309 e. The fourth-order valence-electron chi connectivity index (χ4n) is 3.29. The number of aliphatic hydroxyl groups is 1. The summed E-state index contributed by atoms with van der Waals surface area (Å²) in [6, 6.07) is 9.34. The van der Waals surface area contributed by atoms with Gasteiger partial charge in [0.1, 0.15) is 0 Å². The summed E-state index contributed by atoms with van der Waals surface area (Å²) in [7, 11) is 0. The Morgan fingerprint density at radius 1 is 1.42 bits per heavy atom. The van der Waals surface area contributed by atoms with Crippen molar-refractivity contribution in [2.45, 2.75) is 45.1 Å². The molecular weight excluding hydrogens is 240 g/mol. The van der Waals surface area contributed by atoms with Crippen molar-refractivity contribution < 1.29 is 15.0 Å². The molecule has 3 nitrogen and oxygen atoms in total. The quantitative estimate of drug-likeness (QED) is 0.874. The van der Waals surface area contributed by atoms with Gasteiger partial charge in [-0.1, -0.05) is 50.1 Å². The van der Waals surface area contributed by atoms with E-state index in [1.54, 1.807) is 0 Å². The van der Waals surface area contributed by atoms with Gasteiger partial charge < -0.3 is 10.2 Å². The van der Waals surface area contributed by atoms with Crippen LogP contribution < -0.4 is 0 Å². The highest BCUT2D eigenvalue weighted by Crippen LogP contribution is 2.45. The fraction of sp³-hybridized carbons (Fsp3) is 0.562. The van der Waals surface area contributed by atoms with Crippen molar-refractivity contribution in [1.29, 1.82) is 0 Å². The molecule has 0 heterocycles. The Bertz CT molecular complexity index is 429. The van der Waals surface area contributed by atoms with Crippen molar-refractivity contribution in [3.63, 3.8) is 0 Å². The molecule has 3 heteroatoms. The lowest BCUT2D eigenvalue weighted by Crippen LogP contribution is -2.37. The van der Waals surface area contributed by atoms with Crippen LogP contribution in [-0.4, -0.2) is 16.2 Å². The lowest BCUT2D eigenvalue weighted by Gasteiger charge is -2.37. The Hall–Kier alpha value is -1.35. The zero-order valence-electron chi connectivity index (χ0n) is 11.4. The number of carboxylic acid groups (broad SMARTS) is 1. The van der Waals surface area contributed by atoms with Gasteiger partial charge in [0.15, 0.2) is 0 Å². The number of hydrogen-bond acceptors (Lipinski definition) is 2. The Morgan fingerprint density at radius 3 is 2.68 bits per heavy atom. The van der Waals surface area contributed by atoms with Gasteiger partial charge in [-0.3, -0.25) is 4.79 Å². The maximum Gasteiger partial charge on any atom is 0.309 e. The van der Waals surface area contributed by atoms with Crippen LogP contribution in [0.2, 0.25) is 0 Å². The monoisotopic (exact) mass is 262 g/mol. The molecule has 1 aliphatic rings. The topological polar surface area (TPSA) is 57.5 Å². The molecular formula is C16H22O3. The van der Waals surface area contributed by atoms with Crippen LogP contribution in [0.1, 0.15) is 50.7 Å². The average Bonchev–Trinajstić information content (AvgIpc) is 2.39. The number of aliphatic hydroxyl groups excluding tert-OH is 1. The minimum atomic E-state index is -0.757. The van der Waals surface area contributed by atoms with Gasteiger partial charge in [-0.25, -0.2) is 0 Å². The second kappa shape index (κ2) is 5.74. The van der Waals surface area contributed by atoms with Crippen LogP contribution >= 0.6 is 0 Å². The van der Waals surface area contributed by atoms with E-state index >= 15 is 0 Å². The van der Waals surface area contributed by atoms with E-state index in [9.17, 15) is 15.0 Å². The van der Waals surface area contributed by atoms with E-state index in [4.69, 9.17) is 0 Å². The van der Waals surface area contributed by atoms with Gasteiger partial charge in [0, 0.05) is 0 Å². The van der Waals surface area contributed by atoms with Crippen LogP contribution in [0, 0.1) is 11.3 Å². The van der Waals surface area contributed by atoms with E-state index in [2.05, 4.69) is 6.92 Å². The molecule has 3 unspecified atom stereocenters. The van der Waals surface area contributed by atoms with E-state index in [0.29, 0.717) is 25.2 Å². The predicted molar refractivity (Wildman–Crippen MR) is 73.7 cm³/mol. The Morgan fingerprint density at radius 2 is 2.11 bits per heavy atom. The summed E-state index contributed by atoms with van der Waals surface area (Å²) in [5.74, 6) is -0.332. The molecule has 1 aromatic carbocycles. The van der Waals surface area contributed by atoms with Gasteiger partial charge in [0.2, 0.25) is 0 Å². The van der Waals surface area contributed by atoms with Crippen LogP contribution in [0.15, 0.2) is 30.3 Å². The van der Waals surface area contributed by atoms with E-state index in [-0.39, 0.29) is 0 Å². The van der Waals surface area contributed by atoms with Crippen molar-refractivity contribution in [3.05, 3.63) is 35.9 Å². The SMILES string of the molecule is CC1CCCC(CC(O)c2ccccc2)(C(=O)O)C1. The predicted octanol–water partition coefficient (Wildman–Crippen LogP) is 3.39. The fourth-order valence-corrected chi connectivity index (χ4v) is 3.29. The second-order valence-electron chi connectivity index (χ2n) is 5.92. The molecule has 0 aromatic heterocycles. The number of carbonyl (C=O) groups is 1. The van der Waals surface area contributed by atoms with Gasteiger partial charge >= 0.3 is 5.97 Å². The molecule has 1 saturated carbocycles. The van der Waals surface area contributed by atoms with Crippen molar-refractivity contribution in [3.8, 4) is 0 Å². The second-order valence-corrected chi connectivity index (χ2v) is 5.92. The first-order valence-electron chi connectivity index (χ1n) is 7.00. The highest BCUT2D eigenvalue weighted by molar-refractivity contribution is 5.74. The van der Waals surface area contributed by atoms with Gasteiger partial charge in [0.25, 0.3) is 0 Å². The molecule has 0 saturated heterocycles. The normalized spacial score (nSPS) is 28.8. The summed E-state index contributed by atoms with van der Waals surface area (Å²) in [6.07, 6.45) is 3.01. The molecule has 104 valence electrons. The average molecular weight is 262 g/mol. The van der Waals surface area contributed by atoms with Gasteiger partial charge in [-0.05, 0) is 30.7 Å². The summed E-state index contributed by atoms with van der Waals surface area (Å²) in [5.41, 5.74) is 0.0498. The lowest BCUT2D eigenvalue weighted by atomic mass is 9.67. The maximum atomic E-state index is 11.7. The van der Waals surface area contributed by atoms with Crippen LogP contribution in [0.25, 0.3) is 0 Å². The summed E-state index contributed by atoms with van der Waals surface area (Å²) in [5, 5.41) is 19.9. The maximum absolute atomic E-state index is 11.7. The van der Waals surface area contributed by atoms with E-state index in [0.717, 1.165) is 18.4 Å². The minimum absolute atomic E-state index is 0.316. The van der Waals surface area contributed by atoms with E-state index < -0.39 is 17.5 Å². The van der Waals surface area contributed by atoms with E-state index in [1.165, 1.54) is 0 Å². The summed E-state index contributed by atoms with van der Waals surface area (Å²) >= 11 is 0. The number of hydrogen-bond donors (Lipinski definition) is 2. The number of rotatable bonds is 4. The van der Waals surface area contributed by atoms with Crippen molar-refractivity contribution in [2.24, 2.45) is 11.3 Å². The van der Waals surface area contributed by atoms with Crippen molar-refractivity contribution in [1.82, 2.24) is 0 Å². The molecule has 1 aliphatic carbocycles. The zero-order chi connectivity index (χ0) is 13.9. The molecule has 2 N–H and O–H groups in total. The van der Waals surface area contributed by atoms with Gasteiger partial charge in [0.05, 0.1) is 11.5 Å². The van der Waals surface area contributed by atoms with Crippen LogP contribution in [0.3, 0.4) is 0 Å². The van der Waals surface area contributed by atoms with Crippen LogP contribution in [0.4, 0.5) is 0 Å². The molecule has 2 rings (SSSR count).